The van der Waals surface area contributed by atoms with E-state index in [1.165, 1.54) is 16.3 Å². The predicted octanol–water partition coefficient (Wildman–Crippen LogP) is 3.75. The van der Waals surface area contributed by atoms with Gasteiger partial charge in [0.15, 0.2) is 5.11 Å². The summed E-state index contributed by atoms with van der Waals surface area (Å²) in [6.45, 7) is 4.84. The van der Waals surface area contributed by atoms with Gasteiger partial charge < -0.3 is 10.2 Å². The van der Waals surface area contributed by atoms with Gasteiger partial charge >= 0.3 is 0 Å². The normalized spacial score (nSPS) is 15.2. The first-order valence-corrected chi connectivity index (χ1v) is 9.35. The highest BCUT2D eigenvalue weighted by Gasteiger charge is 2.19. The highest BCUT2D eigenvalue weighted by Crippen LogP contribution is 2.23. The lowest BCUT2D eigenvalue weighted by Gasteiger charge is -2.36. The van der Waals surface area contributed by atoms with E-state index >= 15 is 0 Å². The van der Waals surface area contributed by atoms with Gasteiger partial charge in [0.25, 0.3) is 0 Å². The van der Waals surface area contributed by atoms with Crippen molar-refractivity contribution < 1.29 is 0 Å². The molecule has 0 unspecified atom stereocenters. The number of anilines is 1. The number of benzene rings is 2. The van der Waals surface area contributed by atoms with Crippen LogP contribution in [-0.4, -0.2) is 46.1 Å². The van der Waals surface area contributed by atoms with Crippen LogP contribution < -0.4 is 5.32 Å². The molecule has 4 nitrogen and oxygen atoms in total. The van der Waals surface area contributed by atoms with Gasteiger partial charge in [0.2, 0.25) is 0 Å². The monoisotopic (exact) mass is 362 g/mol. The fourth-order valence-electron chi connectivity index (χ4n) is 3.39. The average Bonchev–Trinajstić information content (AvgIpc) is 2.70. The molecule has 1 aromatic heterocycles. The molecule has 1 N–H and O–H groups in total. The van der Waals surface area contributed by atoms with Crippen LogP contribution in [0, 0.1) is 0 Å². The Kier molecular flexibility index (Phi) is 5.09. The SMILES string of the molecule is S=C(Nc1cccc2ccccc12)N1CCN(Cc2cccnc2)CC1. The maximum atomic E-state index is 5.67. The van der Waals surface area contributed by atoms with E-state index in [-0.39, 0.29) is 0 Å². The van der Waals surface area contributed by atoms with E-state index < -0.39 is 0 Å². The summed E-state index contributed by atoms with van der Waals surface area (Å²) in [5.74, 6) is 0. The van der Waals surface area contributed by atoms with Crippen LogP contribution in [-0.2, 0) is 6.54 Å². The molecule has 3 aromatic rings. The van der Waals surface area contributed by atoms with Gasteiger partial charge in [-0.05, 0) is 35.3 Å². The number of nitrogens with zero attached hydrogens (tertiary/aromatic N) is 3. The zero-order valence-electron chi connectivity index (χ0n) is 14.6. The number of piperazine rings is 1. The van der Waals surface area contributed by atoms with E-state index in [1.807, 2.05) is 18.5 Å². The molecule has 0 aliphatic carbocycles. The van der Waals surface area contributed by atoms with Gasteiger partial charge in [-0.1, -0.05) is 42.5 Å². The van der Waals surface area contributed by atoms with E-state index in [0.29, 0.717) is 0 Å². The minimum absolute atomic E-state index is 0.808. The first-order valence-electron chi connectivity index (χ1n) is 8.94. The summed E-state index contributed by atoms with van der Waals surface area (Å²) in [4.78, 5) is 8.91. The minimum atomic E-state index is 0.808. The van der Waals surface area contributed by atoms with E-state index in [1.54, 1.807) is 0 Å². The fourth-order valence-corrected chi connectivity index (χ4v) is 3.68. The van der Waals surface area contributed by atoms with Crippen molar-refractivity contribution >= 4 is 33.8 Å². The number of hydrogen-bond acceptors (Lipinski definition) is 3. The molecular weight excluding hydrogens is 340 g/mol. The van der Waals surface area contributed by atoms with Crippen LogP contribution in [0.25, 0.3) is 10.8 Å². The maximum Gasteiger partial charge on any atom is 0.173 e. The molecule has 1 fully saturated rings. The summed E-state index contributed by atoms with van der Waals surface area (Å²) in [5, 5.41) is 6.68. The van der Waals surface area contributed by atoms with Crippen LogP contribution in [0.5, 0.6) is 0 Å². The smallest absolute Gasteiger partial charge is 0.173 e. The lowest BCUT2D eigenvalue weighted by Crippen LogP contribution is -2.49. The van der Waals surface area contributed by atoms with Crippen molar-refractivity contribution in [2.75, 3.05) is 31.5 Å². The molecular formula is C21H22N4S. The van der Waals surface area contributed by atoms with Crippen LogP contribution in [0.3, 0.4) is 0 Å². The molecule has 0 radical (unpaired) electrons. The number of fused-ring (bicyclic) bond motifs is 1. The molecule has 0 atom stereocenters. The van der Waals surface area contributed by atoms with Crippen LogP contribution in [0.1, 0.15) is 5.56 Å². The number of rotatable bonds is 3. The second kappa shape index (κ2) is 7.81. The van der Waals surface area contributed by atoms with Gasteiger partial charge in [-0.3, -0.25) is 9.88 Å². The van der Waals surface area contributed by atoms with Crippen molar-refractivity contribution in [2.24, 2.45) is 0 Å². The van der Waals surface area contributed by atoms with Crippen molar-refractivity contribution in [3.05, 3.63) is 72.6 Å². The van der Waals surface area contributed by atoms with Crippen LogP contribution in [0.2, 0.25) is 0 Å². The molecule has 0 bridgehead atoms. The standard InChI is InChI=1S/C21H22N4S/c26-21(23-20-9-3-7-18-6-1-2-8-19(18)20)25-13-11-24(12-14-25)16-17-5-4-10-22-15-17/h1-10,15H,11-14,16H2,(H,23,26). The highest BCUT2D eigenvalue weighted by molar-refractivity contribution is 7.80. The third-order valence-electron chi connectivity index (χ3n) is 4.82. The van der Waals surface area contributed by atoms with Gasteiger partial charge in [0.1, 0.15) is 0 Å². The molecule has 1 aliphatic rings. The molecule has 26 heavy (non-hydrogen) atoms. The lowest BCUT2D eigenvalue weighted by molar-refractivity contribution is 0.177. The molecule has 2 aromatic carbocycles. The van der Waals surface area contributed by atoms with E-state index in [2.05, 4.69) is 68.6 Å². The second-order valence-electron chi connectivity index (χ2n) is 6.58. The quantitative estimate of drug-likeness (QED) is 0.717. The predicted molar refractivity (Wildman–Crippen MR) is 111 cm³/mol. The van der Waals surface area contributed by atoms with Crippen molar-refractivity contribution in [1.29, 1.82) is 0 Å². The minimum Gasteiger partial charge on any atom is -0.346 e. The largest absolute Gasteiger partial charge is 0.346 e. The van der Waals surface area contributed by atoms with E-state index in [0.717, 1.165) is 43.5 Å². The Morgan fingerprint density at radius 3 is 2.58 bits per heavy atom. The van der Waals surface area contributed by atoms with Crippen molar-refractivity contribution in [2.45, 2.75) is 6.54 Å². The van der Waals surface area contributed by atoms with E-state index in [4.69, 9.17) is 12.2 Å². The Labute approximate surface area is 159 Å². The van der Waals surface area contributed by atoms with Gasteiger partial charge in [0.05, 0.1) is 0 Å². The molecule has 4 rings (SSSR count). The van der Waals surface area contributed by atoms with Gasteiger partial charge in [-0.2, -0.15) is 0 Å². The third kappa shape index (κ3) is 3.84. The number of thiocarbonyl (C=S) groups is 1. The molecule has 0 saturated carbocycles. The number of aromatic nitrogens is 1. The summed E-state index contributed by atoms with van der Waals surface area (Å²) in [7, 11) is 0. The zero-order valence-corrected chi connectivity index (χ0v) is 15.5. The summed E-state index contributed by atoms with van der Waals surface area (Å²) < 4.78 is 0. The molecule has 1 aliphatic heterocycles. The topological polar surface area (TPSA) is 31.4 Å². The first-order chi connectivity index (χ1) is 12.8. The van der Waals surface area contributed by atoms with Crippen LogP contribution in [0.4, 0.5) is 5.69 Å². The Morgan fingerprint density at radius 2 is 1.77 bits per heavy atom. The lowest BCUT2D eigenvalue weighted by atomic mass is 10.1. The average molecular weight is 363 g/mol. The number of nitrogens with one attached hydrogen (secondary N) is 1. The number of hydrogen-bond donors (Lipinski definition) is 1. The first kappa shape index (κ1) is 16.9. The Hall–Kier alpha value is -2.50. The summed E-state index contributed by atoms with van der Waals surface area (Å²) in [5.41, 5.74) is 2.34. The highest BCUT2D eigenvalue weighted by atomic mass is 32.1. The number of pyridine rings is 1. The molecule has 0 amide bonds. The Balaban J connectivity index is 1.36. The fraction of sp³-hybridized carbons (Fsp3) is 0.238. The van der Waals surface area contributed by atoms with Crippen molar-refractivity contribution in [3.8, 4) is 0 Å². The van der Waals surface area contributed by atoms with Crippen molar-refractivity contribution in [1.82, 2.24) is 14.8 Å². The molecule has 2 heterocycles. The summed E-state index contributed by atoms with van der Waals surface area (Å²) in [6, 6.07) is 18.8. The third-order valence-corrected chi connectivity index (χ3v) is 5.18. The van der Waals surface area contributed by atoms with Gasteiger partial charge in [-0.15, -0.1) is 0 Å². The van der Waals surface area contributed by atoms with Crippen LogP contribution >= 0.6 is 12.2 Å². The zero-order chi connectivity index (χ0) is 17.8. The maximum absolute atomic E-state index is 5.67. The Bertz CT molecular complexity index is 883. The van der Waals surface area contributed by atoms with E-state index in [9.17, 15) is 0 Å². The second-order valence-corrected chi connectivity index (χ2v) is 6.97. The van der Waals surface area contributed by atoms with Gasteiger partial charge in [0, 0.05) is 56.2 Å². The molecule has 132 valence electrons. The summed E-state index contributed by atoms with van der Waals surface area (Å²) in [6.07, 6.45) is 3.76. The molecule has 1 saturated heterocycles. The van der Waals surface area contributed by atoms with Crippen molar-refractivity contribution in [3.63, 3.8) is 0 Å². The Morgan fingerprint density at radius 1 is 0.962 bits per heavy atom. The van der Waals surface area contributed by atoms with Gasteiger partial charge in [-0.25, -0.2) is 0 Å². The summed E-state index contributed by atoms with van der Waals surface area (Å²) >= 11 is 5.67. The molecule has 5 heteroatoms. The molecule has 0 spiro atoms. The van der Waals surface area contributed by atoms with Crippen LogP contribution in [0.15, 0.2) is 67.0 Å².